The van der Waals surface area contributed by atoms with Gasteiger partial charge in [-0.05, 0) is 49.6 Å². The molecule has 3 atom stereocenters. The summed E-state index contributed by atoms with van der Waals surface area (Å²) in [6.07, 6.45) is 5.12. The van der Waals surface area contributed by atoms with Gasteiger partial charge in [0.25, 0.3) is 5.91 Å². The van der Waals surface area contributed by atoms with Gasteiger partial charge >= 0.3 is 0 Å². The molecule has 0 radical (unpaired) electrons. The molecule has 0 bridgehead atoms. The second-order valence-electron chi connectivity index (χ2n) is 8.84. The van der Waals surface area contributed by atoms with E-state index in [4.69, 9.17) is 11.6 Å². The molecule has 0 aromatic carbocycles. The lowest BCUT2D eigenvalue weighted by atomic mass is 9.71. The largest absolute Gasteiger partial charge is 0.302 e. The van der Waals surface area contributed by atoms with Gasteiger partial charge in [-0.25, -0.2) is 5.43 Å². The first-order chi connectivity index (χ1) is 11.9. The Morgan fingerprint density at radius 1 is 1.28 bits per heavy atom. The number of nitrogens with one attached hydrogen (secondary N) is 2. The lowest BCUT2D eigenvalue weighted by Gasteiger charge is -2.56. The van der Waals surface area contributed by atoms with Gasteiger partial charge in [-0.3, -0.25) is 15.1 Å². The second kappa shape index (κ2) is 8.12. The summed E-state index contributed by atoms with van der Waals surface area (Å²) < 4.78 is 0. The molecule has 3 saturated heterocycles. The predicted molar refractivity (Wildman–Crippen MR) is 102 cm³/mol. The Balaban J connectivity index is 1.45. The molecule has 5 nitrogen and oxygen atoms in total. The molecule has 0 saturated carbocycles. The Morgan fingerprint density at radius 3 is 2.56 bits per heavy atom. The van der Waals surface area contributed by atoms with Crippen molar-refractivity contribution in [2.75, 3.05) is 39.3 Å². The highest BCUT2D eigenvalue weighted by atomic mass is 35.5. The molecule has 1 spiro atoms. The van der Waals surface area contributed by atoms with E-state index in [2.05, 4.69) is 41.4 Å². The van der Waals surface area contributed by atoms with Crippen LogP contribution < -0.4 is 10.9 Å². The van der Waals surface area contributed by atoms with Gasteiger partial charge in [-0.1, -0.05) is 27.2 Å². The summed E-state index contributed by atoms with van der Waals surface area (Å²) in [5.74, 6) is 1.53. The van der Waals surface area contributed by atoms with Gasteiger partial charge in [0.2, 0.25) is 0 Å². The van der Waals surface area contributed by atoms with Crippen molar-refractivity contribution in [1.29, 1.82) is 0 Å². The monoisotopic (exact) mass is 370 g/mol. The van der Waals surface area contributed by atoms with Gasteiger partial charge in [0, 0.05) is 32.2 Å². The lowest BCUT2D eigenvalue weighted by Crippen LogP contribution is -2.66. The van der Waals surface area contributed by atoms with E-state index in [0.717, 1.165) is 31.5 Å². The van der Waals surface area contributed by atoms with Crippen LogP contribution in [0.15, 0.2) is 0 Å². The summed E-state index contributed by atoms with van der Waals surface area (Å²) >= 11 is 6.32. The molecule has 3 unspecified atom stereocenters. The standard InChI is InChI=1S/C19H35ClN4O/c1-4-5-15(14(2)3)11-23-12-19(13-23)6-8-24(9-7-19)16-10-21-22-18(25)17(16)20/h14-17,21H,4-13H2,1-3H3,(H,22,25). The number of carbonyl (C=O) groups is 1. The summed E-state index contributed by atoms with van der Waals surface area (Å²) in [6.45, 7) is 13.7. The molecule has 25 heavy (non-hydrogen) atoms. The van der Waals surface area contributed by atoms with Crippen LogP contribution >= 0.6 is 11.6 Å². The number of nitrogens with zero attached hydrogens (tertiary/aromatic N) is 2. The van der Waals surface area contributed by atoms with Crippen molar-refractivity contribution >= 4 is 17.5 Å². The van der Waals surface area contributed by atoms with Crippen LogP contribution in [0.2, 0.25) is 0 Å². The Morgan fingerprint density at radius 2 is 1.96 bits per heavy atom. The van der Waals surface area contributed by atoms with Crippen LogP contribution in [0.25, 0.3) is 0 Å². The minimum Gasteiger partial charge on any atom is -0.302 e. The first-order valence-corrected chi connectivity index (χ1v) is 10.5. The zero-order chi connectivity index (χ0) is 18.0. The summed E-state index contributed by atoms with van der Waals surface area (Å²) in [4.78, 5) is 16.9. The van der Waals surface area contributed by atoms with Gasteiger partial charge in [0.1, 0.15) is 5.38 Å². The third-order valence-electron chi connectivity index (χ3n) is 6.65. The first-order valence-electron chi connectivity index (χ1n) is 10.1. The number of amides is 1. The molecule has 3 aliphatic heterocycles. The zero-order valence-corrected chi connectivity index (χ0v) is 16.8. The van der Waals surface area contributed by atoms with Crippen molar-refractivity contribution in [3.8, 4) is 0 Å². The molecule has 3 heterocycles. The lowest BCUT2D eigenvalue weighted by molar-refractivity contribution is -0.125. The van der Waals surface area contributed by atoms with E-state index < -0.39 is 5.38 Å². The number of piperidine rings is 1. The topological polar surface area (TPSA) is 47.6 Å². The molecule has 6 heteroatoms. The number of hydrogen-bond donors (Lipinski definition) is 2. The molecule has 0 aromatic rings. The second-order valence-corrected chi connectivity index (χ2v) is 9.31. The van der Waals surface area contributed by atoms with Crippen LogP contribution in [0.3, 0.4) is 0 Å². The minimum absolute atomic E-state index is 0.0938. The third kappa shape index (κ3) is 4.32. The van der Waals surface area contributed by atoms with Crippen LogP contribution in [0, 0.1) is 17.3 Å². The Labute approximate surface area is 157 Å². The van der Waals surface area contributed by atoms with Crippen LogP contribution in [0.5, 0.6) is 0 Å². The maximum Gasteiger partial charge on any atom is 0.253 e. The molecule has 144 valence electrons. The number of rotatable bonds is 6. The number of halogens is 1. The molecule has 3 fully saturated rings. The molecule has 0 aliphatic carbocycles. The van der Waals surface area contributed by atoms with E-state index in [9.17, 15) is 4.79 Å². The summed E-state index contributed by atoms with van der Waals surface area (Å²) in [5, 5.41) is -0.436. The van der Waals surface area contributed by atoms with E-state index in [0.29, 0.717) is 5.41 Å². The number of likely N-dealkylation sites (tertiary alicyclic amines) is 2. The average Bonchev–Trinajstić information content (AvgIpc) is 2.56. The Hall–Kier alpha value is -0.360. The first kappa shape index (κ1) is 19.4. The average molecular weight is 371 g/mol. The van der Waals surface area contributed by atoms with Gasteiger partial charge in [0.15, 0.2) is 0 Å². The van der Waals surface area contributed by atoms with Gasteiger partial charge in [-0.2, -0.15) is 0 Å². The van der Waals surface area contributed by atoms with Crippen LogP contribution in [0.4, 0.5) is 0 Å². The minimum atomic E-state index is -0.436. The van der Waals surface area contributed by atoms with Crippen molar-refractivity contribution in [3.63, 3.8) is 0 Å². The maximum atomic E-state index is 11.8. The molecule has 2 N–H and O–H groups in total. The summed E-state index contributed by atoms with van der Waals surface area (Å²) in [5.41, 5.74) is 6.13. The van der Waals surface area contributed by atoms with Crippen molar-refractivity contribution in [2.45, 2.75) is 57.9 Å². The number of alkyl halides is 1. The highest BCUT2D eigenvalue weighted by molar-refractivity contribution is 6.31. The summed E-state index contributed by atoms with van der Waals surface area (Å²) in [7, 11) is 0. The third-order valence-corrected chi connectivity index (χ3v) is 7.14. The predicted octanol–water partition coefficient (Wildman–Crippen LogP) is 2.07. The molecular weight excluding hydrogens is 336 g/mol. The van der Waals surface area contributed by atoms with Crippen LogP contribution in [0.1, 0.15) is 46.5 Å². The Bertz CT molecular complexity index is 456. The molecule has 3 rings (SSSR count). The smallest absolute Gasteiger partial charge is 0.253 e. The van der Waals surface area contributed by atoms with Crippen molar-refractivity contribution in [1.82, 2.24) is 20.7 Å². The van der Waals surface area contributed by atoms with E-state index in [1.807, 2.05) is 0 Å². The molecule has 1 amide bonds. The molecule has 3 aliphatic rings. The van der Waals surface area contributed by atoms with E-state index in [1.165, 1.54) is 45.3 Å². The highest BCUT2D eigenvalue weighted by Gasteiger charge is 2.47. The molecular formula is C19H35ClN4O. The number of carbonyl (C=O) groups excluding carboxylic acids is 1. The SMILES string of the molecule is CCCC(CN1CC2(CCN(C3CNNC(=O)C3Cl)CC2)C1)C(C)C. The van der Waals surface area contributed by atoms with Crippen molar-refractivity contribution < 1.29 is 4.79 Å². The maximum absolute atomic E-state index is 11.8. The van der Waals surface area contributed by atoms with E-state index in [-0.39, 0.29) is 11.9 Å². The normalized spacial score (nSPS) is 31.8. The van der Waals surface area contributed by atoms with Crippen molar-refractivity contribution in [2.24, 2.45) is 17.3 Å². The van der Waals surface area contributed by atoms with Crippen LogP contribution in [-0.4, -0.2) is 66.4 Å². The number of hydrazine groups is 1. The van der Waals surface area contributed by atoms with Gasteiger partial charge in [0.05, 0.1) is 0 Å². The molecule has 0 aromatic heterocycles. The van der Waals surface area contributed by atoms with Crippen LogP contribution in [-0.2, 0) is 4.79 Å². The number of hydrogen-bond acceptors (Lipinski definition) is 4. The van der Waals surface area contributed by atoms with Gasteiger partial charge in [-0.15, -0.1) is 11.6 Å². The van der Waals surface area contributed by atoms with E-state index >= 15 is 0 Å². The van der Waals surface area contributed by atoms with Crippen molar-refractivity contribution in [3.05, 3.63) is 0 Å². The fourth-order valence-corrected chi connectivity index (χ4v) is 5.22. The fourth-order valence-electron chi connectivity index (χ4n) is 4.92. The van der Waals surface area contributed by atoms with E-state index in [1.54, 1.807) is 0 Å². The van der Waals surface area contributed by atoms with Gasteiger partial charge < -0.3 is 4.90 Å². The fraction of sp³-hybridized carbons (Fsp3) is 0.947. The quantitative estimate of drug-likeness (QED) is 0.703. The summed E-state index contributed by atoms with van der Waals surface area (Å²) in [6, 6.07) is 0.124. The zero-order valence-electron chi connectivity index (χ0n) is 16.1. The highest BCUT2D eigenvalue weighted by Crippen LogP contribution is 2.42. The Kier molecular flexibility index (Phi) is 6.30.